The van der Waals surface area contributed by atoms with Crippen LogP contribution in [0.3, 0.4) is 0 Å². The summed E-state index contributed by atoms with van der Waals surface area (Å²) in [6.07, 6.45) is 19.2. The molecule has 5 nitrogen and oxygen atoms in total. The Balaban J connectivity index is 2.17. The molecule has 1 aromatic rings. The fourth-order valence-electron chi connectivity index (χ4n) is 5.01. The third kappa shape index (κ3) is 19.1. The molecule has 3 unspecified atom stereocenters. The predicted molar refractivity (Wildman–Crippen MR) is 159 cm³/mol. The maximum Gasteiger partial charge on any atom is 0.265 e. The first-order chi connectivity index (χ1) is 17.0. The molecule has 210 valence electrons. The van der Waals surface area contributed by atoms with Gasteiger partial charge in [-0.3, -0.25) is 4.57 Å². The van der Waals surface area contributed by atoms with E-state index in [0.717, 1.165) is 12.8 Å². The smallest absolute Gasteiger partial charge is 0.265 e. The lowest BCUT2D eigenvalue weighted by molar-refractivity contribution is -0.873. The minimum absolute atomic E-state index is 0.451. The van der Waals surface area contributed by atoms with Gasteiger partial charge in [-0.15, -0.1) is 0 Å². The molecule has 0 heterocycles. The topological polar surface area (TPSA) is 69.6 Å². The van der Waals surface area contributed by atoms with Gasteiger partial charge in [0.15, 0.2) is 0 Å². The highest BCUT2D eigenvalue weighted by atomic mass is 127. The van der Waals surface area contributed by atoms with E-state index < -0.39 is 13.9 Å². The first-order valence-electron chi connectivity index (χ1n) is 14.3. The molecule has 1 N–H and O–H groups in total. The van der Waals surface area contributed by atoms with Crippen LogP contribution in [0.15, 0.2) is 24.3 Å². The minimum atomic E-state index is -4.68. The number of likely N-dealkylation sites (N-methyl/N-ethyl adjacent to an activating group) is 1. The van der Waals surface area contributed by atoms with Crippen LogP contribution in [0.1, 0.15) is 121 Å². The molecule has 0 aliphatic rings. The molecule has 1 rings (SSSR count). The van der Waals surface area contributed by atoms with Crippen LogP contribution >= 0.6 is 30.4 Å². The second kappa shape index (κ2) is 19.1. The molecule has 0 aliphatic heterocycles. The molecule has 3 atom stereocenters. The van der Waals surface area contributed by atoms with E-state index in [4.69, 9.17) is 9.42 Å². The van der Waals surface area contributed by atoms with E-state index in [1.165, 1.54) is 92.6 Å². The fraction of sp³-hybridized carbons (Fsp3) is 0.793. The van der Waals surface area contributed by atoms with Gasteiger partial charge in [0.2, 0.25) is 0 Å². The Hall–Kier alpha value is 0.0200. The van der Waals surface area contributed by atoms with Gasteiger partial charge in [0.25, 0.3) is 7.82 Å². The maximum atomic E-state index is 11.2. The number of hydrogen-bond donors (Lipinski definition) is 1. The third-order valence-electron chi connectivity index (χ3n) is 6.86. The minimum Gasteiger partial charge on any atom is -0.756 e. The average molecular weight is 638 g/mol. The Labute approximate surface area is 235 Å². The SMILES string of the molecule is CCCCCCC(CCCCCCCCCCCC(C[N+](C)(C)C)OP(=O)([O-])O)c1ccc(I)cc1. The molecule has 0 aromatic heterocycles. The van der Waals surface area contributed by atoms with Gasteiger partial charge in [-0.2, -0.15) is 0 Å². The number of rotatable bonds is 22. The molecular formula is C29H53INO4P. The Bertz CT molecular complexity index is 717. The zero-order valence-corrected chi connectivity index (χ0v) is 26.5. The van der Waals surface area contributed by atoms with Gasteiger partial charge in [0.05, 0.1) is 21.1 Å². The molecule has 0 radical (unpaired) electrons. The third-order valence-corrected chi connectivity index (χ3v) is 8.14. The molecule has 7 heteroatoms. The summed E-state index contributed by atoms with van der Waals surface area (Å²) in [6.45, 7) is 2.85. The van der Waals surface area contributed by atoms with E-state index in [9.17, 15) is 9.46 Å². The standard InChI is InChI=1S/C29H53INO4P/c1-5-6-7-15-18-26(27-21-23-28(30)24-22-27)19-16-13-11-9-8-10-12-14-17-20-29(25-31(2,3)4)35-36(32,33)34/h21-24,26,29H,5-20,25H2,1-4H3,(H-,32,33,34). The Morgan fingerprint density at radius 2 is 1.28 bits per heavy atom. The fourth-order valence-corrected chi connectivity index (χ4v) is 5.92. The van der Waals surface area contributed by atoms with Gasteiger partial charge in [-0.1, -0.05) is 103 Å². The van der Waals surface area contributed by atoms with Crippen LogP contribution in [-0.4, -0.2) is 43.2 Å². The van der Waals surface area contributed by atoms with E-state index in [0.29, 0.717) is 23.4 Å². The monoisotopic (exact) mass is 637 g/mol. The predicted octanol–water partition coefficient (Wildman–Crippen LogP) is 8.19. The Morgan fingerprint density at radius 3 is 1.72 bits per heavy atom. The summed E-state index contributed by atoms with van der Waals surface area (Å²) in [7, 11) is 1.32. The first-order valence-corrected chi connectivity index (χ1v) is 16.9. The van der Waals surface area contributed by atoms with E-state index in [1.54, 1.807) is 0 Å². The molecule has 36 heavy (non-hydrogen) atoms. The normalized spacial score (nSPS) is 15.5. The lowest BCUT2D eigenvalue weighted by Crippen LogP contribution is -2.42. The highest BCUT2D eigenvalue weighted by molar-refractivity contribution is 14.1. The van der Waals surface area contributed by atoms with Crippen LogP contribution in [0.5, 0.6) is 0 Å². The van der Waals surface area contributed by atoms with Crippen molar-refractivity contribution in [1.82, 2.24) is 0 Å². The summed E-state index contributed by atoms with van der Waals surface area (Å²) in [4.78, 5) is 20.2. The number of unbranched alkanes of at least 4 members (excludes halogenated alkanes) is 11. The average Bonchev–Trinajstić information content (AvgIpc) is 2.77. The van der Waals surface area contributed by atoms with E-state index in [-0.39, 0.29) is 0 Å². The lowest BCUT2D eigenvalue weighted by atomic mass is 9.88. The quantitative estimate of drug-likeness (QED) is 0.0603. The highest BCUT2D eigenvalue weighted by Crippen LogP contribution is 2.34. The molecule has 0 bridgehead atoms. The molecule has 0 amide bonds. The number of phosphoric ester groups is 1. The Morgan fingerprint density at radius 1 is 0.833 bits per heavy atom. The van der Waals surface area contributed by atoms with Gasteiger partial charge in [-0.25, -0.2) is 0 Å². The molecular weight excluding hydrogens is 584 g/mol. The number of hydrogen-bond acceptors (Lipinski definition) is 3. The zero-order valence-electron chi connectivity index (χ0n) is 23.4. The summed E-state index contributed by atoms with van der Waals surface area (Å²) in [6, 6.07) is 9.18. The van der Waals surface area contributed by atoms with Crippen LogP contribution in [0.4, 0.5) is 0 Å². The number of quaternary nitrogens is 1. The maximum absolute atomic E-state index is 11.2. The molecule has 0 spiro atoms. The van der Waals surface area contributed by atoms with Crippen molar-refractivity contribution in [3.05, 3.63) is 33.4 Å². The van der Waals surface area contributed by atoms with Gasteiger partial charge in [-0.05, 0) is 65.5 Å². The van der Waals surface area contributed by atoms with Crippen molar-refractivity contribution in [2.75, 3.05) is 27.7 Å². The molecule has 0 saturated carbocycles. The first kappa shape index (κ1) is 34.0. The summed E-state index contributed by atoms with van der Waals surface area (Å²) < 4.78 is 18.0. The van der Waals surface area contributed by atoms with E-state index in [2.05, 4.69) is 53.8 Å². The van der Waals surface area contributed by atoms with Crippen molar-refractivity contribution in [2.24, 2.45) is 0 Å². The molecule has 0 aliphatic carbocycles. The number of nitrogens with zero attached hydrogens (tertiary/aromatic N) is 1. The zero-order chi connectivity index (χ0) is 26.9. The number of benzene rings is 1. The molecule has 1 aromatic carbocycles. The van der Waals surface area contributed by atoms with Crippen LogP contribution in [0.2, 0.25) is 0 Å². The van der Waals surface area contributed by atoms with Crippen molar-refractivity contribution < 1.29 is 23.4 Å². The Kier molecular flexibility index (Phi) is 18.1. The summed E-state index contributed by atoms with van der Waals surface area (Å²) >= 11 is 2.39. The lowest BCUT2D eigenvalue weighted by Gasteiger charge is -2.31. The second-order valence-corrected chi connectivity index (χ2v) is 13.9. The van der Waals surface area contributed by atoms with Crippen molar-refractivity contribution >= 4 is 30.4 Å². The largest absolute Gasteiger partial charge is 0.756 e. The van der Waals surface area contributed by atoms with Gasteiger partial charge >= 0.3 is 0 Å². The van der Waals surface area contributed by atoms with Crippen LogP contribution in [-0.2, 0) is 9.09 Å². The second-order valence-electron chi connectivity index (χ2n) is 11.5. The number of halogens is 1. The van der Waals surface area contributed by atoms with Gasteiger partial charge in [0.1, 0.15) is 12.6 Å². The van der Waals surface area contributed by atoms with Crippen LogP contribution in [0, 0.1) is 3.57 Å². The molecule has 0 saturated heterocycles. The van der Waals surface area contributed by atoms with Crippen molar-refractivity contribution in [3.63, 3.8) is 0 Å². The van der Waals surface area contributed by atoms with Gasteiger partial charge < -0.3 is 18.8 Å². The summed E-state index contributed by atoms with van der Waals surface area (Å²) in [5.41, 5.74) is 1.53. The van der Waals surface area contributed by atoms with Crippen LogP contribution < -0.4 is 4.89 Å². The highest BCUT2D eigenvalue weighted by Gasteiger charge is 2.22. The molecule has 0 fully saturated rings. The van der Waals surface area contributed by atoms with Crippen molar-refractivity contribution in [3.8, 4) is 0 Å². The summed E-state index contributed by atoms with van der Waals surface area (Å²) in [5, 5.41) is 0. The number of phosphoric acid groups is 1. The van der Waals surface area contributed by atoms with Gasteiger partial charge in [0, 0.05) is 3.57 Å². The van der Waals surface area contributed by atoms with E-state index in [1.807, 2.05) is 21.1 Å². The van der Waals surface area contributed by atoms with Crippen molar-refractivity contribution in [2.45, 2.75) is 122 Å². The van der Waals surface area contributed by atoms with E-state index >= 15 is 0 Å². The van der Waals surface area contributed by atoms with Crippen molar-refractivity contribution in [1.29, 1.82) is 0 Å². The van der Waals surface area contributed by atoms with Crippen LogP contribution in [0.25, 0.3) is 0 Å². The summed E-state index contributed by atoms with van der Waals surface area (Å²) in [5.74, 6) is 0.713.